The standard InChI is InChI=1S/C7H10O2/c1-5-4-6(8)2-3-7(5)9/h4,7,9H,2-3H2,1H3/t7-/m1/s1. The van der Waals surface area contributed by atoms with Crippen molar-refractivity contribution in [3.8, 4) is 0 Å². The molecule has 0 aromatic carbocycles. The normalized spacial score (nSPS) is 28.0. The Balaban J connectivity index is 2.72. The maximum atomic E-state index is 10.6. The highest BCUT2D eigenvalue weighted by Crippen LogP contribution is 2.14. The molecule has 0 aromatic rings. The van der Waals surface area contributed by atoms with E-state index in [1.54, 1.807) is 6.92 Å². The molecule has 0 aliphatic heterocycles. The molecule has 1 aliphatic carbocycles. The maximum Gasteiger partial charge on any atom is 0.155 e. The molecule has 50 valence electrons. The van der Waals surface area contributed by atoms with Crippen LogP contribution in [-0.4, -0.2) is 17.0 Å². The smallest absolute Gasteiger partial charge is 0.155 e. The van der Waals surface area contributed by atoms with Crippen molar-refractivity contribution in [3.05, 3.63) is 11.6 Å². The van der Waals surface area contributed by atoms with Crippen LogP contribution in [0.4, 0.5) is 0 Å². The summed E-state index contributed by atoms with van der Waals surface area (Å²) in [6.07, 6.45) is 2.25. The fourth-order valence-corrected chi connectivity index (χ4v) is 0.929. The highest BCUT2D eigenvalue weighted by Gasteiger charge is 2.14. The van der Waals surface area contributed by atoms with Gasteiger partial charge in [0.05, 0.1) is 6.10 Å². The van der Waals surface area contributed by atoms with Crippen molar-refractivity contribution in [2.45, 2.75) is 25.9 Å². The lowest BCUT2D eigenvalue weighted by atomic mass is 9.97. The molecule has 9 heavy (non-hydrogen) atoms. The Bertz CT molecular complexity index is 158. The van der Waals surface area contributed by atoms with Gasteiger partial charge in [-0.1, -0.05) is 0 Å². The third-order valence-corrected chi connectivity index (χ3v) is 1.58. The number of ketones is 1. The van der Waals surface area contributed by atoms with Crippen LogP contribution in [0.2, 0.25) is 0 Å². The topological polar surface area (TPSA) is 37.3 Å². The Morgan fingerprint density at radius 3 is 2.89 bits per heavy atom. The molecule has 0 unspecified atom stereocenters. The van der Waals surface area contributed by atoms with Crippen LogP contribution in [0.1, 0.15) is 19.8 Å². The second-order valence-corrected chi connectivity index (χ2v) is 2.41. The third kappa shape index (κ3) is 1.39. The Labute approximate surface area is 54.2 Å². The summed E-state index contributed by atoms with van der Waals surface area (Å²) in [6.45, 7) is 1.78. The van der Waals surface area contributed by atoms with Crippen molar-refractivity contribution in [1.82, 2.24) is 0 Å². The fourth-order valence-electron chi connectivity index (χ4n) is 0.929. The van der Waals surface area contributed by atoms with Gasteiger partial charge in [0.25, 0.3) is 0 Å². The molecular weight excluding hydrogens is 116 g/mol. The number of aliphatic hydroxyl groups excluding tert-OH is 1. The summed E-state index contributed by atoms with van der Waals surface area (Å²) in [7, 11) is 0. The summed E-state index contributed by atoms with van der Waals surface area (Å²) in [5.41, 5.74) is 0.797. The molecule has 0 fully saturated rings. The third-order valence-electron chi connectivity index (χ3n) is 1.58. The summed E-state index contributed by atoms with van der Waals surface area (Å²) < 4.78 is 0. The van der Waals surface area contributed by atoms with E-state index in [1.807, 2.05) is 0 Å². The number of carbonyl (C=O) groups excluding carboxylic acids is 1. The average Bonchev–Trinajstić information content (AvgIpc) is 1.80. The van der Waals surface area contributed by atoms with E-state index in [-0.39, 0.29) is 11.9 Å². The van der Waals surface area contributed by atoms with E-state index in [1.165, 1.54) is 6.08 Å². The lowest BCUT2D eigenvalue weighted by Gasteiger charge is -2.14. The van der Waals surface area contributed by atoms with Gasteiger partial charge >= 0.3 is 0 Å². The van der Waals surface area contributed by atoms with Gasteiger partial charge in [0.15, 0.2) is 5.78 Å². The van der Waals surface area contributed by atoms with Crippen molar-refractivity contribution in [3.63, 3.8) is 0 Å². The van der Waals surface area contributed by atoms with Crippen LogP contribution in [0.25, 0.3) is 0 Å². The van der Waals surface area contributed by atoms with E-state index in [2.05, 4.69) is 0 Å². The van der Waals surface area contributed by atoms with Gasteiger partial charge in [-0.25, -0.2) is 0 Å². The zero-order valence-electron chi connectivity index (χ0n) is 5.42. The highest BCUT2D eigenvalue weighted by molar-refractivity contribution is 5.91. The maximum absolute atomic E-state index is 10.6. The monoisotopic (exact) mass is 126 g/mol. The first-order valence-electron chi connectivity index (χ1n) is 3.09. The molecule has 1 aliphatic rings. The van der Waals surface area contributed by atoms with Crippen molar-refractivity contribution in [2.75, 3.05) is 0 Å². The quantitative estimate of drug-likeness (QED) is 0.517. The summed E-state index contributed by atoms with van der Waals surface area (Å²) in [5.74, 6) is 0.137. The number of aliphatic hydroxyl groups is 1. The van der Waals surface area contributed by atoms with Gasteiger partial charge in [0.2, 0.25) is 0 Å². The summed E-state index contributed by atoms with van der Waals surface area (Å²) in [6, 6.07) is 0. The number of hydrogen-bond acceptors (Lipinski definition) is 2. The molecule has 0 saturated carbocycles. The van der Waals surface area contributed by atoms with E-state index in [0.29, 0.717) is 12.8 Å². The van der Waals surface area contributed by atoms with Gasteiger partial charge < -0.3 is 5.11 Å². The molecule has 1 N–H and O–H groups in total. The SMILES string of the molecule is CC1=CC(=O)CC[C@H]1O. The minimum atomic E-state index is -0.373. The van der Waals surface area contributed by atoms with Crippen LogP contribution in [0.15, 0.2) is 11.6 Å². The van der Waals surface area contributed by atoms with E-state index >= 15 is 0 Å². The average molecular weight is 126 g/mol. The van der Waals surface area contributed by atoms with Gasteiger partial charge in [0, 0.05) is 6.42 Å². The van der Waals surface area contributed by atoms with Crippen molar-refractivity contribution in [2.24, 2.45) is 0 Å². The predicted molar refractivity (Wildman–Crippen MR) is 34.0 cm³/mol. The van der Waals surface area contributed by atoms with E-state index in [4.69, 9.17) is 5.11 Å². The molecule has 0 spiro atoms. The fraction of sp³-hybridized carbons (Fsp3) is 0.571. The zero-order valence-corrected chi connectivity index (χ0v) is 5.42. The molecule has 0 saturated heterocycles. The van der Waals surface area contributed by atoms with E-state index in [0.717, 1.165) is 5.57 Å². The molecule has 0 amide bonds. The van der Waals surface area contributed by atoms with Crippen LogP contribution in [0, 0.1) is 0 Å². The molecular formula is C7H10O2. The predicted octanol–water partition coefficient (Wildman–Crippen LogP) is 0.657. The lowest BCUT2D eigenvalue weighted by Crippen LogP contribution is -2.16. The molecule has 2 nitrogen and oxygen atoms in total. The number of rotatable bonds is 0. The molecule has 1 rings (SSSR count). The molecule has 0 aromatic heterocycles. The van der Waals surface area contributed by atoms with Crippen LogP contribution < -0.4 is 0 Å². The minimum Gasteiger partial charge on any atom is -0.389 e. The first-order valence-corrected chi connectivity index (χ1v) is 3.09. The zero-order chi connectivity index (χ0) is 6.85. The van der Waals surface area contributed by atoms with E-state index < -0.39 is 0 Å². The Morgan fingerprint density at radius 1 is 1.78 bits per heavy atom. The summed E-state index contributed by atoms with van der Waals surface area (Å²) >= 11 is 0. The molecule has 0 bridgehead atoms. The Hall–Kier alpha value is -0.630. The second kappa shape index (κ2) is 2.31. The van der Waals surface area contributed by atoms with Crippen LogP contribution in [-0.2, 0) is 4.79 Å². The van der Waals surface area contributed by atoms with Crippen LogP contribution in [0.5, 0.6) is 0 Å². The van der Waals surface area contributed by atoms with Gasteiger partial charge in [-0.05, 0) is 25.0 Å². The van der Waals surface area contributed by atoms with Gasteiger partial charge in [-0.3, -0.25) is 4.79 Å². The van der Waals surface area contributed by atoms with Crippen molar-refractivity contribution >= 4 is 5.78 Å². The number of hydrogen-bond donors (Lipinski definition) is 1. The Kier molecular flexibility index (Phi) is 1.67. The largest absolute Gasteiger partial charge is 0.389 e. The molecule has 0 heterocycles. The summed E-state index contributed by atoms with van der Waals surface area (Å²) in [4.78, 5) is 10.6. The van der Waals surface area contributed by atoms with Crippen LogP contribution in [0.3, 0.4) is 0 Å². The van der Waals surface area contributed by atoms with Gasteiger partial charge in [0.1, 0.15) is 0 Å². The number of allylic oxidation sites excluding steroid dienone is 1. The molecule has 1 atom stereocenters. The number of carbonyl (C=O) groups is 1. The summed E-state index contributed by atoms with van der Waals surface area (Å²) in [5, 5.41) is 9.07. The highest BCUT2D eigenvalue weighted by atomic mass is 16.3. The van der Waals surface area contributed by atoms with Gasteiger partial charge in [-0.15, -0.1) is 0 Å². The van der Waals surface area contributed by atoms with Crippen LogP contribution >= 0.6 is 0 Å². The van der Waals surface area contributed by atoms with E-state index in [9.17, 15) is 4.79 Å². The first-order chi connectivity index (χ1) is 4.20. The molecule has 2 heteroatoms. The second-order valence-electron chi connectivity index (χ2n) is 2.41. The first kappa shape index (κ1) is 6.49. The minimum absolute atomic E-state index is 0.137. The van der Waals surface area contributed by atoms with Crippen molar-refractivity contribution < 1.29 is 9.90 Å². The molecule has 0 radical (unpaired) electrons. The van der Waals surface area contributed by atoms with Crippen molar-refractivity contribution in [1.29, 1.82) is 0 Å². The lowest BCUT2D eigenvalue weighted by molar-refractivity contribution is -0.115. The Morgan fingerprint density at radius 2 is 2.44 bits per heavy atom. The van der Waals surface area contributed by atoms with Gasteiger partial charge in [-0.2, -0.15) is 0 Å².